The topological polar surface area (TPSA) is 57.0 Å². The van der Waals surface area contributed by atoms with Crippen LogP contribution in [0.3, 0.4) is 0 Å². The van der Waals surface area contributed by atoms with Gasteiger partial charge in [0.05, 0.1) is 7.11 Å². The normalized spacial score (nSPS) is 22.5. The van der Waals surface area contributed by atoms with Gasteiger partial charge in [-0.25, -0.2) is 0 Å². The number of methoxy groups -OCH3 is 1. The fourth-order valence-corrected chi connectivity index (χ4v) is 3.51. The molecule has 0 amide bonds. The summed E-state index contributed by atoms with van der Waals surface area (Å²) in [6, 6.07) is 4.92. The van der Waals surface area contributed by atoms with E-state index in [1.54, 1.807) is 7.11 Å². The highest BCUT2D eigenvalue weighted by molar-refractivity contribution is 5.55. The number of hydrogen-bond acceptors (Lipinski definition) is 5. The van der Waals surface area contributed by atoms with E-state index in [4.69, 9.17) is 19.9 Å². The van der Waals surface area contributed by atoms with E-state index in [1.165, 1.54) is 12.8 Å². The lowest BCUT2D eigenvalue weighted by atomic mass is 10.0. The Kier molecular flexibility index (Phi) is 4.22. The summed E-state index contributed by atoms with van der Waals surface area (Å²) < 4.78 is 16.4. The van der Waals surface area contributed by atoms with E-state index < -0.39 is 0 Å². The van der Waals surface area contributed by atoms with Crippen LogP contribution in [0.4, 0.5) is 0 Å². The molecule has 116 valence electrons. The molecular weight excluding hydrogens is 268 g/mol. The molecule has 5 nitrogen and oxygen atoms in total. The summed E-state index contributed by atoms with van der Waals surface area (Å²) in [4.78, 5) is 2.52. The van der Waals surface area contributed by atoms with Gasteiger partial charge in [0.2, 0.25) is 12.5 Å². The monoisotopic (exact) mass is 292 g/mol. The molecule has 21 heavy (non-hydrogen) atoms. The largest absolute Gasteiger partial charge is 0.493 e. The van der Waals surface area contributed by atoms with Gasteiger partial charge in [-0.2, -0.15) is 0 Å². The summed E-state index contributed by atoms with van der Waals surface area (Å²) in [6.45, 7) is 4.21. The Morgan fingerprint density at radius 2 is 2.29 bits per heavy atom. The summed E-state index contributed by atoms with van der Waals surface area (Å²) in [5, 5.41) is 0. The Labute approximate surface area is 126 Å². The number of benzene rings is 1. The molecule has 2 aliphatic rings. The molecule has 0 spiro atoms. The molecular formula is C16H24N2O3. The molecule has 0 radical (unpaired) electrons. The van der Waals surface area contributed by atoms with Gasteiger partial charge in [0, 0.05) is 18.6 Å². The van der Waals surface area contributed by atoms with Crippen molar-refractivity contribution in [1.29, 1.82) is 0 Å². The van der Waals surface area contributed by atoms with Gasteiger partial charge < -0.3 is 19.9 Å². The molecule has 0 saturated carbocycles. The zero-order valence-electron chi connectivity index (χ0n) is 12.8. The maximum atomic E-state index is 6.08. The molecule has 1 fully saturated rings. The average Bonchev–Trinajstić information content (AvgIpc) is 3.15. The maximum absolute atomic E-state index is 6.08. The fourth-order valence-electron chi connectivity index (χ4n) is 3.51. The SMILES string of the molecule is CCC1CCCN1C(CN)c1cc(OC)c2c(c1)OCO2. The van der Waals surface area contributed by atoms with Crippen LogP contribution in [-0.4, -0.2) is 37.9 Å². The van der Waals surface area contributed by atoms with Crippen molar-refractivity contribution in [1.82, 2.24) is 4.90 Å². The third kappa shape index (κ3) is 2.56. The Morgan fingerprint density at radius 1 is 1.43 bits per heavy atom. The third-order valence-electron chi connectivity index (χ3n) is 4.58. The van der Waals surface area contributed by atoms with Gasteiger partial charge in [-0.05, 0) is 43.5 Å². The lowest BCUT2D eigenvalue weighted by Gasteiger charge is -2.32. The molecule has 1 saturated heterocycles. The first kappa shape index (κ1) is 14.5. The Morgan fingerprint density at radius 3 is 3.00 bits per heavy atom. The predicted molar refractivity (Wildman–Crippen MR) is 80.9 cm³/mol. The highest BCUT2D eigenvalue weighted by atomic mass is 16.7. The van der Waals surface area contributed by atoms with E-state index in [-0.39, 0.29) is 12.8 Å². The van der Waals surface area contributed by atoms with Crippen LogP contribution in [-0.2, 0) is 0 Å². The van der Waals surface area contributed by atoms with Crippen molar-refractivity contribution in [2.75, 3.05) is 27.0 Å². The quantitative estimate of drug-likeness (QED) is 0.902. The van der Waals surface area contributed by atoms with E-state index in [0.717, 1.165) is 30.0 Å². The van der Waals surface area contributed by atoms with Crippen molar-refractivity contribution >= 4 is 0 Å². The minimum absolute atomic E-state index is 0.209. The summed E-state index contributed by atoms with van der Waals surface area (Å²) in [5.74, 6) is 2.19. The van der Waals surface area contributed by atoms with Crippen LogP contribution in [0.1, 0.15) is 37.8 Å². The molecule has 2 heterocycles. The van der Waals surface area contributed by atoms with Crippen LogP contribution in [0.2, 0.25) is 0 Å². The molecule has 3 rings (SSSR count). The summed E-state index contributed by atoms with van der Waals surface area (Å²) in [6.07, 6.45) is 3.67. The van der Waals surface area contributed by atoms with Crippen LogP contribution in [0.15, 0.2) is 12.1 Å². The Hall–Kier alpha value is -1.46. The first-order valence-electron chi connectivity index (χ1n) is 7.71. The van der Waals surface area contributed by atoms with Gasteiger partial charge in [0.15, 0.2) is 11.5 Å². The second-order valence-corrected chi connectivity index (χ2v) is 5.65. The summed E-state index contributed by atoms with van der Waals surface area (Å²) >= 11 is 0. The van der Waals surface area contributed by atoms with Crippen LogP contribution in [0, 0.1) is 0 Å². The van der Waals surface area contributed by atoms with Crippen LogP contribution >= 0.6 is 0 Å². The summed E-state index contributed by atoms with van der Waals surface area (Å²) in [7, 11) is 1.66. The number of nitrogens with two attached hydrogens (primary N) is 1. The van der Waals surface area contributed by atoms with Crippen molar-refractivity contribution < 1.29 is 14.2 Å². The molecule has 0 aliphatic carbocycles. The summed E-state index contributed by atoms with van der Waals surface area (Å²) in [5.41, 5.74) is 7.24. The second-order valence-electron chi connectivity index (χ2n) is 5.65. The highest BCUT2D eigenvalue weighted by Crippen LogP contribution is 2.44. The van der Waals surface area contributed by atoms with E-state index in [9.17, 15) is 0 Å². The molecule has 1 aromatic rings. The van der Waals surface area contributed by atoms with E-state index >= 15 is 0 Å². The minimum atomic E-state index is 0.209. The third-order valence-corrected chi connectivity index (χ3v) is 4.58. The van der Waals surface area contributed by atoms with Gasteiger partial charge in [-0.15, -0.1) is 0 Å². The van der Waals surface area contributed by atoms with E-state index in [2.05, 4.69) is 11.8 Å². The van der Waals surface area contributed by atoms with Crippen molar-refractivity contribution in [3.8, 4) is 17.2 Å². The maximum Gasteiger partial charge on any atom is 0.231 e. The van der Waals surface area contributed by atoms with E-state index in [0.29, 0.717) is 18.3 Å². The lowest BCUT2D eigenvalue weighted by Crippen LogP contribution is -2.37. The Bertz CT molecular complexity index is 507. The van der Waals surface area contributed by atoms with Crippen molar-refractivity contribution in [2.45, 2.75) is 38.3 Å². The smallest absolute Gasteiger partial charge is 0.231 e. The standard InChI is InChI=1S/C16H24N2O3/c1-3-12-5-4-6-18(12)13(9-17)11-7-14(19-2)16-15(8-11)20-10-21-16/h7-8,12-13H,3-6,9-10,17H2,1-2H3. The number of fused-ring (bicyclic) bond motifs is 1. The lowest BCUT2D eigenvalue weighted by molar-refractivity contribution is 0.170. The number of ether oxygens (including phenoxy) is 3. The number of rotatable bonds is 5. The zero-order valence-corrected chi connectivity index (χ0v) is 12.8. The van der Waals surface area contributed by atoms with Crippen molar-refractivity contribution in [3.05, 3.63) is 17.7 Å². The highest BCUT2D eigenvalue weighted by Gasteiger charge is 2.31. The zero-order chi connectivity index (χ0) is 14.8. The van der Waals surface area contributed by atoms with Crippen LogP contribution in [0.5, 0.6) is 17.2 Å². The van der Waals surface area contributed by atoms with Crippen LogP contribution < -0.4 is 19.9 Å². The molecule has 0 aromatic heterocycles. The van der Waals surface area contributed by atoms with E-state index in [1.807, 2.05) is 12.1 Å². The van der Waals surface area contributed by atoms with Crippen molar-refractivity contribution in [2.24, 2.45) is 5.73 Å². The molecule has 0 bridgehead atoms. The second kappa shape index (κ2) is 6.12. The molecule has 5 heteroatoms. The van der Waals surface area contributed by atoms with Crippen molar-refractivity contribution in [3.63, 3.8) is 0 Å². The first-order chi connectivity index (χ1) is 10.3. The molecule has 2 aliphatic heterocycles. The molecule has 2 unspecified atom stereocenters. The van der Waals surface area contributed by atoms with Gasteiger partial charge in [0.1, 0.15) is 0 Å². The number of hydrogen-bond donors (Lipinski definition) is 1. The van der Waals surface area contributed by atoms with Gasteiger partial charge in [0.25, 0.3) is 0 Å². The molecule has 1 aromatic carbocycles. The minimum Gasteiger partial charge on any atom is -0.493 e. The van der Waals surface area contributed by atoms with Crippen LogP contribution in [0.25, 0.3) is 0 Å². The van der Waals surface area contributed by atoms with Gasteiger partial charge in [-0.3, -0.25) is 4.90 Å². The number of likely N-dealkylation sites (tertiary alicyclic amines) is 1. The molecule has 2 atom stereocenters. The van der Waals surface area contributed by atoms with Gasteiger partial charge in [-0.1, -0.05) is 6.92 Å². The predicted octanol–water partition coefficient (Wildman–Crippen LogP) is 2.30. The average molecular weight is 292 g/mol. The number of nitrogens with zero attached hydrogens (tertiary/aromatic N) is 1. The Balaban J connectivity index is 1.94. The molecule has 2 N–H and O–H groups in total. The first-order valence-corrected chi connectivity index (χ1v) is 7.71. The fraction of sp³-hybridized carbons (Fsp3) is 0.625. The van der Waals surface area contributed by atoms with Gasteiger partial charge >= 0.3 is 0 Å².